The van der Waals surface area contributed by atoms with Crippen molar-refractivity contribution in [1.82, 2.24) is 4.98 Å². The number of nitrogens with one attached hydrogen (secondary N) is 2. The van der Waals surface area contributed by atoms with Crippen LogP contribution in [0.3, 0.4) is 0 Å². The summed E-state index contributed by atoms with van der Waals surface area (Å²) in [5.74, 6) is 0.401. The second-order valence-corrected chi connectivity index (χ2v) is 7.92. The van der Waals surface area contributed by atoms with Crippen molar-refractivity contribution in [3.05, 3.63) is 23.9 Å². The molecule has 1 aromatic carbocycles. The number of nitrogens with two attached hydrogens (primary N) is 1. The Bertz CT molecular complexity index is 819. The molecule has 0 bridgehead atoms. The summed E-state index contributed by atoms with van der Waals surface area (Å²) >= 11 is 1.54. The second kappa shape index (κ2) is 8.50. The summed E-state index contributed by atoms with van der Waals surface area (Å²) in [5, 5.41) is 9.28. The van der Waals surface area contributed by atoms with Crippen LogP contribution in [-0.2, 0) is 10.2 Å². The molecule has 0 saturated heterocycles. The molecular formula is C16H24N4O3S2. The van der Waals surface area contributed by atoms with Crippen LogP contribution in [0.25, 0.3) is 10.4 Å². The largest absolute Gasteiger partial charge is 0.495 e. The number of aryl methyl sites for hydroxylation is 1. The fraction of sp³-hybridized carbons (Fsp3) is 0.438. The zero-order chi connectivity index (χ0) is 18.4. The third-order valence-electron chi connectivity index (χ3n) is 3.57. The van der Waals surface area contributed by atoms with Gasteiger partial charge in [0.05, 0.1) is 23.4 Å². The van der Waals surface area contributed by atoms with Crippen LogP contribution in [0.5, 0.6) is 5.75 Å². The van der Waals surface area contributed by atoms with E-state index in [1.165, 1.54) is 31.3 Å². The number of benzene rings is 1. The monoisotopic (exact) mass is 384 g/mol. The highest BCUT2D eigenvalue weighted by atomic mass is 32.2. The molecule has 0 radical (unpaired) electrons. The number of hydrogen-bond acceptors (Lipinski definition) is 6. The topological polar surface area (TPSA) is 106 Å². The molecule has 0 aliphatic carbocycles. The van der Waals surface area contributed by atoms with Gasteiger partial charge in [-0.1, -0.05) is 31.1 Å². The Morgan fingerprint density at radius 2 is 2.08 bits per heavy atom. The molecule has 25 heavy (non-hydrogen) atoms. The lowest BCUT2D eigenvalue weighted by molar-refractivity contribution is 0.417. The summed E-state index contributed by atoms with van der Waals surface area (Å²) in [6.45, 7) is 4.99. The minimum atomic E-state index is -3.89. The van der Waals surface area contributed by atoms with E-state index in [1.54, 1.807) is 12.1 Å². The lowest BCUT2D eigenvalue weighted by Gasteiger charge is -2.11. The zero-order valence-corrected chi connectivity index (χ0v) is 16.3. The van der Waals surface area contributed by atoms with Crippen molar-refractivity contribution in [3.8, 4) is 16.2 Å². The van der Waals surface area contributed by atoms with Crippen molar-refractivity contribution in [3.63, 3.8) is 0 Å². The van der Waals surface area contributed by atoms with Gasteiger partial charge >= 0.3 is 0 Å². The van der Waals surface area contributed by atoms with Gasteiger partial charge in [-0.05, 0) is 37.1 Å². The minimum Gasteiger partial charge on any atom is -0.495 e. The van der Waals surface area contributed by atoms with Crippen LogP contribution in [0.4, 0.5) is 10.8 Å². The molecule has 0 amide bonds. The van der Waals surface area contributed by atoms with Crippen LogP contribution in [0.1, 0.15) is 31.9 Å². The summed E-state index contributed by atoms with van der Waals surface area (Å²) in [4.78, 5) is 5.51. The number of methoxy groups -OCH3 is 1. The molecule has 0 fully saturated rings. The molecule has 0 unspecified atom stereocenters. The van der Waals surface area contributed by atoms with Crippen molar-refractivity contribution in [1.29, 1.82) is 0 Å². The molecule has 7 nitrogen and oxygen atoms in total. The number of thiazole rings is 1. The Kier molecular flexibility index (Phi) is 6.63. The molecular weight excluding hydrogens is 360 g/mol. The highest BCUT2D eigenvalue weighted by Crippen LogP contribution is 2.37. The van der Waals surface area contributed by atoms with Gasteiger partial charge in [-0.15, -0.1) is 0 Å². The smallest absolute Gasteiger partial charge is 0.296 e. The van der Waals surface area contributed by atoms with Crippen molar-refractivity contribution in [2.75, 3.05) is 23.7 Å². The van der Waals surface area contributed by atoms with Crippen molar-refractivity contribution in [2.45, 2.75) is 33.1 Å². The van der Waals surface area contributed by atoms with E-state index in [9.17, 15) is 8.42 Å². The summed E-state index contributed by atoms with van der Waals surface area (Å²) in [5.41, 5.74) is 2.03. The van der Waals surface area contributed by atoms with E-state index in [0.29, 0.717) is 11.4 Å². The number of aromatic nitrogens is 1. The van der Waals surface area contributed by atoms with Gasteiger partial charge in [0, 0.05) is 6.54 Å². The predicted octanol–water partition coefficient (Wildman–Crippen LogP) is 3.34. The predicted molar refractivity (Wildman–Crippen MR) is 104 cm³/mol. The maximum atomic E-state index is 11.4. The number of ether oxygens (including phenoxy) is 1. The lowest BCUT2D eigenvalue weighted by atomic mass is 10.1. The SMILES string of the molecule is CCCCCNc1nc(C)c(-c2ccc(OC)c(NS(N)(=O)=O)c2)s1. The van der Waals surface area contributed by atoms with Crippen LogP contribution in [0.2, 0.25) is 0 Å². The van der Waals surface area contributed by atoms with Gasteiger partial charge < -0.3 is 10.1 Å². The molecule has 1 aromatic heterocycles. The molecule has 0 saturated carbocycles. The first kappa shape index (κ1) is 19.5. The van der Waals surface area contributed by atoms with Crippen molar-refractivity contribution in [2.24, 2.45) is 5.14 Å². The van der Waals surface area contributed by atoms with Gasteiger partial charge in [-0.2, -0.15) is 8.42 Å². The van der Waals surface area contributed by atoms with E-state index in [1.807, 2.05) is 13.0 Å². The Morgan fingerprint density at radius 1 is 1.32 bits per heavy atom. The molecule has 0 aliphatic rings. The van der Waals surface area contributed by atoms with Crippen LogP contribution in [0.15, 0.2) is 18.2 Å². The fourth-order valence-corrected chi connectivity index (χ4v) is 3.85. The van der Waals surface area contributed by atoms with Gasteiger partial charge in [0.15, 0.2) is 5.13 Å². The summed E-state index contributed by atoms with van der Waals surface area (Å²) in [6.07, 6.45) is 3.47. The van der Waals surface area contributed by atoms with Crippen LogP contribution >= 0.6 is 11.3 Å². The summed E-state index contributed by atoms with van der Waals surface area (Å²) in [7, 11) is -2.41. The first-order chi connectivity index (χ1) is 11.8. The highest BCUT2D eigenvalue weighted by molar-refractivity contribution is 7.90. The number of nitrogens with zero attached hydrogens (tertiary/aromatic N) is 1. The highest BCUT2D eigenvalue weighted by Gasteiger charge is 2.14. The van der Waals surface area contributed by atoms with Crippen molar-refractivity contribution < 1.29 is 13.2 Å². The first-order valence-electron chi connectivity index (χ1n) is 8.04. The molecule has 0 aliphatic heterocycles. The zero-order valence-electron chi connectivity index (χ0n) is 14.6. The lowest BCUT2D eigenvalue weighted by Crippen LogP contribution is -2.22. The molecule has 138 valence electrons. The molecule has 2 rings (SSSR count). The standard InChI is InChI=1S/C16H24N4O3S2/c1-4-5-6-9-18-16-19-11(2)15(24-16)12-7-8-14(23-3)13(10-12)20-25(17,21)22/h7-8,10,20H,4-6,9H2,1-3H3,(H,18,19)(H2,17,21,22). The second-order valence-electron chi connectivity index (χ2n) is 5.63. The Balaban J connectivity index is 2.26. The summed E-state index contributed by atoms with van der Waals surface area (Å²) < 4.78 is 30.2. The molecule has 2 aromatic rings. The Morgan fingerprint density at radius 3 is 2.72 bits per heavy atom. The van der Waals surface area contributed by atoms with Crippen LogP contribution in [0, 0.1) is 6.92 Å². The number of rotatable bonds is 9. The normalized spacial score (nSPS) is 11.4. The van der Waals surface area contributed by atoms with E-state index in [-0.39, 0.29) is 0 Å². The molecule has 9 heteroatoms. The van der Waals surface area contributed by atoms with Gasteiger partial charge in [0.1, 0.15) is 5.75 Å². The van der Waals surface area contributed by atoms with Gasteiger partial charge in [0.2, 0.25) is 0 Å². The number of anilines is 2. The van der Waals surface area contributed by atoms with E-state index in [0.717, 1.165) is 34.2 Å². The Labute approximate surface area is 152 Å². The van der Waals surface area contributed by atoms with Gasteiger partial charge in [0.25, 0.3) is 10.2 Å². The van der Waals surface area contributed by atoms with Gasteiger partial charge in [-0.3, -0.25) is 4.72 Å². The molecule has 1 heterocycles. The van der Waals surface area contributed by atoms with E-state index in [2.05, 4.69) is 21.9 Å². The van der Waals surface area contributed by atoms with E-state index < -0.39 is 10.2 Å². The number of hydrogen-bond donors (Lipinski definition) is 3. The molecule has 0 spiro atoms. The third kappa shape index (κ3) is 5.58. The van der Waals surface area contributed by atoms with E-state index >= 15 is 0 Å². The fourth-order valence-electron chi connectivity index (χ4n) is 2.39. The number of unbranched alkanes of at least 4 members (excludes halogenated alkanes) is 2. The molecule has 0 atom stereocenters. The molecule has 4 N–H and O–H groups in total. The quantitative estimate of drug-likeness (QED) is 0.575. The average molecular weight is 385 g/mol. The third-order valence-corrected chi connectivity index (χ3v) is 5.24. The van der Waals surface area contributed by atoms with Gasteiger partial charge in [-0.25, -0.2) is 10.1 Å². The van der Waals surface area contributed by atoms with Crippen LogP contribution < -0.4 is 19.9 Å². The van der Waals surface area contributed by atoms with E-state index in [4.69, 9.17) is 9.88 Å². The average Bonchev–Trinajstić information content (AvgIpc) is 2.91. The van der Waals surface area contributed by atoms with Crippen LogP contribution in [-0.4, -0.2) is 27.1 Å². The Hall–Kier alpha value is -1.84. The first-order valence-corrected chi connectivity index (χ1v) is 10.4. The maximum absolute atomic E-state index is 11.4. The maximum Gasteiger partial charge on any atom is 0.296 e. The van der Waals surface area contributed by atoms with Crippen molar-refractivity contribution >= 4 is 32.4 Å². The summed E-state index contributed by atoms with van der Waals surface area (Å²) in [6, 6.07) is 5.27. The minimum absolute atomic E-state index is 0.299.